The standard InChI is InChI=1S/C32H26NO.C15H16N.Ir/c1-20-19-33-30(17-27(20)21-8-3-2-4-9-21)26-13-7-12-25-29-16-23-15-14-22-10-5-6-11-24(22)28(23)18-31(29)34-32(25)26;1-11(2)14-10-16-15(9-12(14)3)13-7-5-4-6-8-13;/h5-7,10-12,14-19,21H,2-4,8-9H2,1H3;4-7,9-11H,1-3H3;/q2*-1;/i1D3,21D;3D3,11D;. The average molecular weight is 851 g/mol. The molecule has 1 aliphatic rings. The van der Waals surface area contributed by atoms with E-state index in [1.165, 1.54) is 23.2 Å². The van der Waals surface area contributed by atoms with Crippen LogP contribution in [0.1, 0.15) is 91.0 Å². The summed E-state index contributed by atoms with van der Waals surface area (Å²) in [6, 6.07) is 37.7. The van der Waals surface area contributed by atoms with Crippen molar-refractivity contribution < 1.29 is 35.5 Å². The smallest absolute Gasteiger partial charge is 0.121 e. The molecule has 4 heteroatoms. The van der Waals surface area contributed by atoms with Crippen LogP contribution in [0, 0.1) is 25.8 Å². The average Bonchev–Trinajstić information content (AvgIpc) is 3.57. The number of fused-ring (bicyclic) bond motifs is 6. The van der Waals surface area contributed by atoms with E-state index in [0.29, 0.717) is 46.5 Å². The van der Waals surface area contributed by atoms with Gasteiger partial charge in [-0.1, -0.05) is 98.2 Å². The Bertz CT molecular complexity index is 2800. The van der Waals surface area contributed by atoms with E-state index in [4.69, 9.17) is 14.0 Å². The summed E-state index contributed by atoms with van der Waals surface area (Å²) in [5.74, 6) is -1.93. The number of aromatic nitrogens is 2. The molecule has 5 aromatic carbocycles. The van der Waals surface area contributed by atoms with Crippen LogP contribution in [0.3, 0.4) is 0 Å². The Kier molecular flexibility index (Phi) is 7.66. The largest absolute Gasteiger partial charge is 0.501 e. The Balaban J connectivity index is 0.000000214. The predicted octanol–water partition coefficient (Wildman–Crippen LogP) is 13.1. The second-order valence-electron chi connectivity index (χ2n) is 13.2. The van der Waals surface area contributed by atoms with Gasteiger partial charge in [-0.3, -0.25) is 0 Å². The molecule has 0 N–H and O–H groups in total. The summed E-state index contributed by atoms with van der Waals surface area (Å²) < 4.78 is 71.1. The van der Waals surface area contributed by atoms with E-state index in [0.717, 1.165) is 52.0 Å². The van der Waals surface area contributed by atoms with E-state index < -0.39 is 25.5 Å². The molecular formula is C47H42IrN2O-2. The van der Waals surface area contributed by atoms with Gasteiger partial charge in [0.05, 0.1) is 5.58 Å². The Labute approximate surface area is 325 Å². The molecule has 1 aliphatic carbocycles. The molecule has 9 rings (SSSR count). The molecule has 0 amide bonds. The van der Waals surface area contributed by atoms with Crippen molar-refractivity contribution in [3.05, 3.63) is 144 Å². The topological polar surface area (TPSA) is 38.9 Å². The molecule has 0 bridgehead atoms. The fraction of sp³-hybridized carbons (Fsp3) is 0.234. The first-order valence-corrected chi connectivity index (χ1v) is 17.2. The molecule has 3 nitrogen and oxygen atoms in total. The van der Waals surface area contributed by atoms with Crippen LogP contribution in [-0.4, -0.2) is 9.97 Å². The molecule has 3 aromatic heterocycles. The van der Waals surface area contributed by atoms with Crippen molar-refractivity contribution in [2.24, 2.45) is 0 Å². The molecule has 1 fully saturated rings. The zero-order valence-corrected chi connectivity index (χ0v) is 31.0. The van der Waals surface area contributed by atoms with E-state index in [1.807, 2.05) is 42.5 Å². The fourth-order valence-electron chi connectivity index (χ4n) is 7.12. The monoisotopic (exact) mass is 851 g/mol. The van der Waals surface area contributed by atoms with Gasteiger partial charge in [0.2, 0.25) is 0 Å². The number of aryl methyl sites for hydroxylation is 2. The minimum Gasteiger partial charge on any atom is -0.501 e. The Morgan fingerprint density at radius 3 is 2.35 bits per heavy atom. The van der Waals surface area contributed by atoms with Gasteiger partial charge in [-0.15, -0.1) is 54.1 Å². The van der Waals surface area contributed by atoms with Gasteiger partial charge in [0.25, 0.3) is 0 Å². The molecule has 0 unspecified atom stereocenters. The molecule has 0 saturated heterocycles. The van der Waals surface area contributed by atoms with Crippen molar-refractivity contribution in [3.8, 4) is 22.5 Å². The second-order valence-corrected chi connectivity index (χ2v) is 13.2. The SMILES string of the molecule is [2H]C([2H])([2H])c1cc(-c2[c-]cccc2)ncc1C([2H])(C)C.[2H]C([2H])([2H])c1cnc(-c2[c-]ccc3c2oc2cc4c(ccc5ccccc54)cc23)cc1C1([2H])CCCCC1.[Ir]. The quantitative estimate of drug-likeness (QED) is 0.131. The maximum atomic E-state index is 9.23. The molecule has 0 spiro atoms. The normalized spacial score (nSPS) is 17.1. The molecular weight excluding hydrogens is 801 g/mol. The van der Waals surface area contributed by atoms with Gasteiger partial charge >= 0.3 is 0 Å². The van der Waals surface area contributed by atoms with Crippen molar-refractivity contribution >= 4 is 43.5 Å². The van der Waals surface area contributed by atoms with Crippen molar-refractivity contribution in [2.45, 2.75) is 71.4 Å². The maximum absolute atomic E-state index is 9.23. The van der Waals surface area contributed by atoms with Crippen molar-refractivity contribution in [2.75, 3.05) is 0 Å². The molecule has 1 radical (unpaired) electrons. The van der Waals surface area contributed by atoms with Crippen molar-refractivity contribution in [1.82, 2.24) is 9.97 Å². The number of hydrogen-bond acceptors (Lipinski definition) is 3. The number of hydrogen-bond donors (Lipinski definition) is 0. The summed E-state index contributed by atoms with van der Waals surface area (Å²) in [7, 11) is 0. The minimum atomic E-state index is -2.33. The van der Waals surface area contributed by atoms with Crippen LogP contribution < -0.4 is 0 Å². The number of nitrogens with zero attached hydrogens (tertiary/aromatic N) is 2. The molecule has 1 saturated carbocycles. The third-order valence-electron chi connectivity index (χ3n) is 9.72. The van der Waals surface area contributed by atoms with E-state index >= 15 is 0 Å². The molecule has 51 heavy (non-hydrogen) atoms. The summed E-state index contributed by atoms with van der Waals surface area (Å²) in [4.78, 5) is 8.87. The van der Waals surface area contributed by atoms with Crippen LogP contribution in [0.5, 0.6) is 0 Å². The summed E-state index contributed by atoms with van der Waals surface area (Å²) in [6.45, 7) is -1.27. The van der Waals surface area contributed by atoms with Crippen LogP contribution in [0.15, 0.2) is 114 Å². The van der Waals surface area contributed by atoms with Gasteiger partial charge in [-0.25, -0.2) is 0 Å². The van der Waals surface area contributed by atoms with Crippen molar-refractivity contribution in [3.63, 3.8) is 0 Å². The summed E-state index contributed by atoms with van der Waals surface area (Å²) in [5.41, 5.74) is 5.37. The van der Waals surface area contributed by atoms with Crippen LogP contribution in [0.2, 0.25) is 0 Å². The Morgan fingerprint density at radius 1 is 0.745 bits per heavy atom. The zero-order valence-electron chi connectivity index (χ0n) is 36.6. The number of benzene rings is 5. The first kappa shape index (κ1) is 26.2. The van der Waals surface area contributed by atoms with Gasteiger partial charge in [0.15, 0.2) is 0 Å². The van der Waals surface area contributed by atoms with Gasteiger partial charge in [-0.05, 0) is 100 Å². The van der Waals surface area contributed by atoms with E-state index in [1.54, 1.807) is 26.0 Å². The molecule has 3 heterocycles. The van der Waals surface area contributed by atoms with Gasteiger partial charge < -0.3 is 14.4 Å². The summed E-state index contributed by atoms with van der Waals surface area (Å²) in [5, 5.41) is 6.62. The minimum absolute atomic E-state index is 0. The summed E-state index contributed by atoms with van der Waals surface area (Å²) >= 11 is 0. The third kappa shape index (κ3) is 6.88. The Hall–Kier alpha value is -4.63. The fourth-order valence-corrected chi connectivity index (χ4v) is 7.12. The van der Waals surface area contributed by atoms with E-state index in [2.05, 4.69) is 64.6 Å². The zero-order chi connectivity index (χ0) is 41.0. The van der Waals surface area contributed by atoms with E-state index in [-0.39, 0.29) is 31.2 Å². The van der Waals surface area contributed by atoms with Gasteiger partial charge in [0, 0.05) is 48.9 Å². The predicted molar refractivity (Wildman–Crippen MR) is 209 cm³/mol. The molecule has 8 aromatic rings. The van der Waals surface area contributed by atoms with Gasteiger partial charge in [-0.2, -0.15) is 0 Å². The third-order valence-corrected chi connectivity index (χ3v) is 9.72. The van der Waals surface area contributed by atoms with Crippen LogP contribution in [0.25, 0.3) is 66.0 Å². The molecule has 257 valence electrons. The Morgan fingerprint density at radius 2 is 1.55 bits per heavy atom. The van der Waals surface area contributed by atoms with E-state index in [9.17, 15) is 1.37 Å². The number of rotatable bonds is 4. The maximum Gasteiger partial charge on any atom is 0.121 e. The van der Waals surface area contributed by atoms with Crippen LogP contribution in [-0.2, 0) is 20.1 Å². The number of pyridine rings is 2. The van der Waals surface area contributed by atoms with Crippen molar-refractivity contribution in [1.29, 1.82) is 0 Å². The van der Waals surface area contributed by atoms with Gasteiger partial charge in [0.1, 0.15) is 5.58 Å². The summed E-state index contributed by atoms with van der Waals surface area (Å²) in [6.07, 6.45) is 7.17. The number of furan rings is 1. The molecule has 0 aliphatic heterocycles. The van der Waals surface area contributed by atoms with Crippen LogP contribution >= 0.6 is 0 Å². The first-order valence-electron chi connectivity index (χ1n) is 21.2. The molecule has 0 atom stereocenters. The van der Waals surface area contributed by atoms with Crippen LogP contribution in [0.4, 0.5) is 0 Å². The second kappa shape index (κ2) is 14.9. The first-order chi connectivity index (χ1) is 27.5.